The minimum atomic E-state index is -0.435. The molecule has 0 aliphatic heterocycles. The third-order valence-corrected chi connectivity index (χ3v) is 5.25. The summed E-state index contributed by atoms with van der Waals surface area (Å²) in [6.07, 6.45) is 0. The van der Waals surface area contributed by atoms with Crippen molar-refractivity contribution in [1.82, 2.24) is 20.6 Å². The summed E-state index contributed by atoms with van der Waals surface area (Å²) in [6.45, 7) is 1.91. The van der Waals surface area contributed by atoms with Crippen LogP contribution in [0.2, 0.25) is 0 Å². The average Bonchev–Trinajstić information content (AvgIpc) is 3.35. The van der Waals surface area contributed by atoms with Gasteiger partial charge in [-0.05, 0) is 48.0 Å². The highest BCUT2D eigenvalue weighted by atomic mass is 32.1. The van der Waals surface area contributed by atoms with Gasteiger partial charge in [0.2, 0.25) is 0 Å². The van der Waals surface area contributed by atoms with Gasteiger partial charge in [-0.25, -0.2) is 0 Å². The molecule has 2 aromatic heterocycles. The number of ether oxygens (including phenoxy) is 2. The summed E-state index contributed by atoms with van der Waals surface area (Å²) in [5.74, 6) is 1.16. The molecule has 0 bridgehead atoms. The smallest absolute Gasteiger partial charge is 0.272 e. The predicted molar refractivity (Wildman–Crippen MR) is 106 cm³/mol. The molecule has 0 spiro atoms. The highest BCUT2D eigenvalue weighted by Crippen LogP contribution is 2.43. The number of carbonyl (C=O) groups excluding carboxylic acids is 1. The first-order valence-electron chi connectivity index (χ1n) is 8.43. The fourth-order valence-corrected chi connectivity index (χ4v) is 3.84. The summed E-state index contributed by atoms with van der Waals surface area (Å²) in [5.41, 5.74) is 1.36. The number of tetrazole rings is 1. The Labute approximate surface area is 168 Å². The monoisotopic (exact) mass is 406 g/mol. The molecule has 2 N–H and O–H groups in total. The Balaban J connectivity index is 1.83. The van der Waals surface area contributed by atoms with Gasteiger partial charge in [0, 0.05) is 10.1 Å². The van der Waals surface area contributed by atoms with Crippen LogP contribution in [0.1, 0.15) is 20.8 Å². The van der Waals surface area contributed by atoms with Crippen molar-refractivity contribution in [2.45, 2.75) is 6.92 Å². The van der Waals surface area contributed by atoms with Crippen LogP contribution >= 0.6 is 11.3 Å². The molecule has 0 saturated heterocycles. The maximum absolute atomic E-state index is 12.9. The standard InChI is InChI=1S/C19H14N6O3S/c1-10-6-13-15(8-14(10)27-2)29-17(18(26)21-19-22-24-25-23-19)16(13)28-12-5-3-4-11(7-12)9-20/h3-8H,1-2H3,(H2,21,22,23,24,25,26). The van der Waals surface area contributed by atoms with E-state index in [1.165, 1.54) is 11.3 Å². The number of hydrogen-bond donors (Lipinski definition) is 2. The molecule has 29 heavy (non-hydrogen) atoms. The number of anilines is 1. The van der Waals surface area contributed by atoms with Gasteiger partial charge in [0.1, 0.15) is 16.4 Å². The van der Waals surface area contributed by atoms with Gasteiger partial charge in [0.15, 0.2) is 5.75 Å². The summed E-state index contributed by atoms with van der Waals surface area (Å²) in [6, 6.07) is 12.6. The molecule has 4 rings (SSSR count). The quantitative estimate of drug-likeness (QED) is 0.518. The van der Waals surface area contributed by atoms with Crippen molar-refractivity contribution < 1.29 is 14.3 Å². The summed E-state index contributed by atoms with van der Waals surface area (Å²) in [5, 5.41) is 25.7. The molecular weight excluding hydrogens is 392 g/mol. The Morgan fingerprint density at radius 3 is 2.90 bits per heavy atom. The Bertz CT molecular complexity index is 1240. The molecule has 0 atom stereocenters. The fourth-order valence-electron chi connectivity index (χ4n) is 2.80. The number of hydrogen-bond acceptors (Lipinski definition) is 8. The summed E-state index contributed by atoms with van der Waals surface area (Å²) in [4.78, 5) is 13.2. The second-order valence-corrected chi connectivity index (χ2v) is 7.06. The van der Waals surface area contributed by atoms with Crippen LogP contribution in [0.15, 0.2) is 36.4 Å². The Hall–Kier alpha value is -3.97. The van der Waals surface area contributed by atoms with Crippen LogP contribution in [0, 0.1) is 18.3 Å². The van der Waals surface area contributed by atoms with Gasteiger partial charge in [-0.2, -0.15) is 10.5 Å². The second-order valence-electron chi connectivity index (χ2n) is 6.01. The minimum Gasteiger partial charge on any atom is -0.496 e. The third-order valence-electron chi connectivity index (χ3n) is 4.12. The minimum absolute atomic E-state index is 0.0543. The van der Waals surface area contributed by atoms with Crippen molar-refractivity contribution in [2.75, 3.05) is 12.4 Å². The summed E-state index contributed by atoms with van der Waals surface area (Å²) >= 11 is 1.25. The molecule has 0 unspecified atom stereocenters. The van der Waals surface area contributed by atoms with Crippen molar-refractivity contribution in [3.63, 3.8) is 0 Å². The zero-order valence-electron chi connectivity index (χ0n) is 15.4. The van der Waals surface area contributed by atoms with E-state index in [-0.39, 0.29) is 5.95 Å². The number of aryl methyl sites for hydroxylation is 1. The van der Waals surface area contributed by atoms with E-state index in [4.69, 9.17) is 14.7 Å². The topological polar surface area (TPSA) is 126 Å². The number of nitrogens with one attached hydrogen (secondary N) is 2. The Kier molecular flexibility index (Phi) is 4.80. The van der Waals surface area contributed by atoms with E-state index in [0.29, 0.717) is 27.7 Å². The molecule has 1 amide bonds. The lowest BCUT2D eigenvalue weighted by Crippen LogP contribution is -2.12. The van der Waals surface area contributed by atoms with Crippen LogP contribution in [-0.2, 0) is 0 Å². The molecule has 10 heteroatoms. The normalized spacial score (nSPS) is 10.5. The number of amides is 1. The van der Waals surface area contributed by atoms with Gasteiger partial charge in [0.25, 0.3) is 11.9 Å². The van der Waals surface area contributed by atoms with Gasteiger partial charge >= 0.3 is 0 Å². The van der Waals surface area contributed by atoms with E-state index < -0.39 is 5.91 Å². The Morgan fingerprint density at radius 1 is 1.31 bits per heavy atom. The van der Waals surface area contributed by atoms with Crippen molar-refractivity contribution in [1.29, 1.82) is 5.26 Å². The highest BCUT2D eigenvalue weighted by Gasteiger charge is 2.23. The van der Waals surface area contributed by atoms with Gasteiger partial charge < -0.3 is 9.47 Å². The van der Waals surface area contributed by atoms with Crippen molar-refractivity contribution in [3.8, 4) is 23.3 Å². The van der Waals surface area contributed by atoms with Gasteiger partial charge in [-0.15, -0.1) is 16.4 Å². The number of benzene rings is 2. The largest absolute Gasteiger partial charge is 0.496 e. The number of nitriles is 1. The lowest BCUT2D eigenvalue weighted by atomic mass is 10.1. The first-order valence-corrected chi connectivity index (χ1v) is 9.24. The van der Waals surface area contributed by atoms with Gasteiger partial charge in [-0.1, -0.05) is 11.2 Å². The zero-order valence-corrected chi connectivity index (χ0v) is 16.2. The molecule has 9 nitrogen and oxygen atoms in total. The van der Waals surface area contributed by atoms with E-state index in [1.807, 2.05) is 19.1 Å². The number of fused-ring (bicyclic) bond motifs is 1. The van der Waals surface area contributed by atoms with E-state index >= 15 is 0 Å². The number of nitrogens with zero attached hydrogens (tertiary/aromatic N) is 4. The number of thiophene rings is 1. The molecule has 0 aliphatic rings. The number of rotatable bonds is 5. The second kappa shape index (κ2) is 7.57. The molecule has 0 saturated carbocycles. The third kappa shape index (κ3) is 3.59. The average molecular weight is 406 g/mol. The fraction of sp³-hybridized carbons (Fsp3) is 0.105. The summed E-state index contributed by atoms with van der Waals surface area (Å²) < 4.78 is 12.3. The lowest BCUT2D eigenvalue weighted by molar-refractivity contribution is 0.102. The highest BCUT2D eigenvalue weighted by molar-refractivity contribution is 7.21. The van der Waals surface area contributed by atoms with Crippen LogP contribution in [0.3, 0.4) is 0 Å². The van der Waals surface area contributed by atoms with Crippen molar-refractivity contribution >= 4 is 33.3 Å². The van der Waals surface area contributed by atoms with E-state index in [9.17, 15) is 4.79 Å². The van der Waals surface area contributed by atoms with Gasteiger partial charge in [0.05, 0.1) is 18.7 Å². The first kappa shape index (κ1) is 18.4. The number of aromatic nitrogens is 4. The van der Waals surface area contributed by atoms with Crippen LogP contribution in [0.4, 0.5) is 5.95 Å². The molecule has 4 aromatic rings. The van der Waals surface area contributed by atoms with Crippen LogP contribution in [0.5, 0.6) is 17.2 Å². The van der Waals surface area contributed by atoms with Crippen molar-refractivity contribution in [3.05, 3.63) is 52.4 Å². The lowest BCUT2D eigenvalue weighted by Gasteiger charge is -2.09. The number of aromatic amines is 1. The maximum atomic E-state index is 12.9. The van der Waals surface area contributed by atoms with Crippen molar-refractivity contribution in [2.24, 2.45) is 0 Å². The molecule has 144 valence electrons. The molecular formula is C19H14N6O3S. The first-order chi connectivity index (χ1) is 14.1. The number of H-pyrrole nitrogens is 1. The van der Waals surface area contributed by atoms with Crippen LogP contribution in [0.25, 0.3) is 10.1 Å². The SMILES string of the molecule is COc1cc2sc(C(=O)Nc3nn[nH]n3)c(Oc3cccc(C#N)c3)c2cc1C. The molecule has 2 aromatic carbocycles. The number of carbonyl (C=O) groups is 1. The van der Waals surface area contributed by atoms with Gasteiger partial charge in [-0.3, -0.25) is 10.1 Å². The Morgan fingerprint density at radius 2 is 2.17 bits per heavy atom. The van der Waals surface area contributed by atoms with E-state index in [1.54, 1.807) is 31.4 Å². The predicted octanol–water partition coefficient (Wildman–Crippen LogP) is 3.65. The van der Waals surface area contributed by atoms with E-state index in [2.05, 4.69) is 32.0 Å². The maximum Gasteiger partial charge on any atom is 0.272 e. The van der Waals surface area contributed by atoms with E-state index in [0.717, 1.165) is 15.6 Å². The zero-order chi connectivity index (χ0) is 20.4. The molecule has 0 aliphatic carbocycles. The number of methoxy groups -OCH3 is 1. The molecule has 0 fully saturated rings. The summed E-state index contributed by atoms with van der Waals surface area (Å²) in [7, 11) is 1.59. The molecule has 2 heterocycles. The molecule has 0 radical (unpaired) electrons. The van der Waals surface area contributed by atoms with Crippen LogP contribution < -0.4 is 14.8 Å². The van der Waals surface area contributed by atoms with Crippen LogP contribution in [-0.4, -0.2) is 33.6 Å².